The van der Waals surface area contributed by atoms with Gasteiger partial charge in [0.05, 0.1) is 11.7 Å². The van der Waals surface area contributed by atoms with E-state index in [-0.39, 0.29) is 6.61 Å². The minimum Gasteiger partial charge on any atom is -0.396 e. The van der Waals surface area contributed by atoms with Crippen LogP contribution < -0.4 is 11.1 Å². The molecule has 0 bridgehead atoms. The van der Waals surface area contributed by atoms with E-state index in [2.05, 4.69) is 20.4 Å². The number of aliphatic hydroxyl groups is 1. The lowest BCUT2D eigenvalue weighted by Gasteiger charge is -2.06. The Morgan fingerprint density at radius 2 is 2.19 bits per heavy atom. The fraction of sp³-hybridized carbons (Fsp3) is 0.214. The van der Waals surface area contributed by atoms with Gasteiger partial charge in [0.15, 0.2) is 0 Å². The van der Waals surface area contributed by atoms with Gasteiger partial charge in [0.25, 0.3) is 0 Å². The van der Waals surface area contributed by atoms with Crippen LogP contribution in [-0.2, 0) is 6.54 Å². The molecule has 0 amide bonds. The van der Waals surface area contributed by atoms with Gasteiger partial charge in [-0.1, -0.05) is 0 Å². The lowest BCUT2D eigenvalue weighted by molar-refractivity contribution is 0.278. The summed E-state index contributed by atoms with van der Waals surface area (Å²) in [6.45, 7) is 0.860. The Kier molecular flexibility index (Phi) is 3.65. The molecule has 0 spiro atoms. The number of aliphatic hydroxyl groups excluding tert-OH is 1. The predicted molar refractivity (Wildman–Crippen MR) is 81.2 cm³/mol. The van der Waals surface area contributed by atoms with Gasteiger partial charge < -0.3 is 16.2 Å². The lowest BCUT2D eigenvalue weighted by atomic mass is 10.2. The molecule has 4 N–H and O–H groups in total. The molecule has 7 heteroatoms. The molecule has 0 saturated carbocycles. The zero-order valence-electron chi connectivity index (χ0n) is 11.4. The van der Waals surface area contributed by atoms with Gasteiger partial charge in [-0.25, -0.2) is 4.98 Å². The van der Waals surface area contributed by atoms with E-state index in [1.54, 1.807) is 18.5 Å². The monoisotopic (exact) mass is 284 g/mol. The standard InChI is InChI=1S/C14H16N6O/c15-13-4-5-16-14(19-13)18-11-2-3-12-10(8-11)9-17-20(12)6-1-7-21/h2-5,8-9,21H,1,6-7H2,(H3,15,16,18,19). The fourth-order valence-electron chi connectivity index (χ4n) is 2.13. The van der Waals surface area contributed by atoms with E-state index in [1.165, 1.54) is 0 Å². The quantitative estimate of drug-likeness (QED) is 0.656. The molecular weight excluding hydrogens is 268 g/mol. The molecular formula is C14H16N6O. The molecule has 2 aromatic heterocycles. The van der Waals surface area contributed by atoms with Gasteiger partial charge in [-0.2, -0.15) is 10.1 Å². The van der Waals surface area contributed by atoms with Crippen molar-refractivity contribution in [3.63, 3.8) is 0 Å². The highest BCUT2D eigenvalue weighted by Crippen LogP contribution is 2.21. The molecule has 21 heavy (non-hydrogen) atoms. The van der Waals surface area contributed by atoms with Crippen molar-refractivity contribution in [3.8, 4) is 0 Å². The first-order valence-electron chi connectivity index (χ1n) is 6.68. The molecule has 0 radical (unpaired) electrons. The Balaban J connectivity index is 1.84. The van der Waals surface area contributed by atoms with Crippen LogP contribution in [0.2, 0.25) is 0 Å². The summed E-state index contributed by atoms with van der Waals surface area (Å²) in [5, 5.41) is 17.3. The number of hydrogen-bond donors (Lipinski definition) is 3. The van der Waals surface area contributed by atoms with Crippen LogP contribution in [0.1, 0.15) is 6.42 Å². The number of aromatic nitrogens is 4. The van der Waals surface area contributed by atoms with Crippen LogP contribution in [0.4, 0.5) is 17.5 Å². The van der Waals surface area contributed by atoms with Gasteiger partial charge in [0.2, 0.25) is 5.95 Å². The van der Waals surface area contributed by atoms with Gasteiger partial charge in [0, 0.05) is 30.4 Å². The molecule has 2 heterocycles. The number of aryl methyl sites for hydroxylation is 1. The summed E-state index contributed by atoms with van der Waals surface area (Å²) in [4.78, 5) is 8.21. The molecule has 0 unspecified atom stereocenters. The molecule has 0 aliphatic carbocycles. The maximum absolute atomic E-state index is 8.89. The highest BCUT2D eigenvalue weighted by molar-refractivity contribution is 5.83. The van der Waals surface area contributed by atoms with Crippen LogP contribution in [0.3, 0.4) is 0 Å². The minimum atomic E-state index is 0.160. The normalized spacial score (nSPS) is 10.9. The largest absolute Gasteiger partial charge is 0.396 e. The number of nitrogens with two attached hydrogens (primary N) is 1. The third kappa shape index (κ3) is 2.92. The smallest absolute Gasteiger partial charge is 0.229 e. The third-order valence-corrected chi connectivity index (χ3v) is 3.10. The Morgan fingerprint density at radius 3 is 3.00 bits per heavy atom. The molecule has 0 saturated heterocycles. The van der Waals surface area contributed by atoms with Gasteiger partial charge in [0.1, 0.15) is 5.82 Å². The molecule has 108 valence electrons. The summed E-state index contributed by atoms with van der Waals surface area (Å²) in [5.41, 5.74) is 7.53. The first-order chi connectivity index (χ1) is 10.3. The lowest BCUT2D eigenvalue weighted by Crippen LogP contribution is -2.02. The van der Waals surface area contributed by atoms with Crippen LogP contribution >= 0.6 is 0 Å². The van der Waals surface area contributed by atoms with E-state index in [4.69, 9.17) is 10.8 Å². The average Bonchev–Trinajstić information content (AvgIpc) is 2.87. The number of rotatable bonds is 5. The number of anilines is 3. The van der Waals surface area contributed by atoms with Gasteiger partial charge in [-0.05, 0) is 30.7 Å². The maximum atomic E-state index is 8.89. The van der Waals surface area contributed by atoms with Gasteiger partial charge in [-0.3, -0.25) is 4.68 Å². The number of benzene rings is 1. The molecule has 0 atom stereocenters. The van der Waals surface area contributed by atoms with E-state index in [0.717, 1.165) is 16.6 Å². The van der Waals surface area contributed by atoms with Gasteiger partial charge >= 0.3 is 0 Å². The maximum Gasteiger partial charge on any atom is 0.229 e. The van der Waals surface area contributed by atoms with Crippen molar-refractivity contribution in [1.82, 2.24) is 19.7 Å². The van der Waals surface area contributed by atoms with Crippen molar-refractivity contribution in [2.24, 2.45) is 0 Å². The SMILES string of the molecule is Nc1ccnc(Nc2ccc3c(cnn3CCCO)c2)n1. The van der Waals surface area contributed by atoms with E-state index in [0.29, 0.717) is 24.7 Å². The Hall–Kier alpha value is -2.67. The Morgan fingerprint density at radius 1 is 1.29 bits per heavy atom. The average molecular weight is 284 g/mol. The molecule has 7 nitrogen and oxygen atoms in total. The number of nitrogens with one attached hydrogen (secondary N) is 1. The van der Waals surface area contributed by atoms with Gasteiger partial charge in [-0.15, -0.1) is 0 Å². The number of nitrogens with zero attached hydrogens (tertiary/aromatic N) is 4. The van der Waals surface area contributed by atoms with Crippen molar-refractivity contribution in [3.05, 3.63) is 36.7 Å². The summed E-state index contributed by atoms with van der Waals surface area (Å²) in [6.07, 6.45) is 4.10. The Bertz CT molecular complexity index is 754. The zero-order valence-corrected chi connectivity index (χ0v) is 11.4. The van der Waals surface area contributed by atoms with Crippen molar-refractivity contribution in [1.29, 1.82) is 0 Å². The molecule has 0 aliphatic rings. The topological polar surface area (TPSA) is 102 Å². The molecule has 3 aromatic rings. The summed E-state index contributed by atoms with van der Waals surface area (Å²) in [5.74, 6) is 0.882. The number of fused-ring (bicyclic) bond motifs is 1. The van der Waals surface area contributed by atoms with Crippen molar-refractivity contribution >= 4 is 28.4 Å². The van der Waals surface area contributed by atoms with Crippen molar-refractivity contribution in [2.45, 2.75) is 13.0 Å². The molecule has 1 aromatic carbocycles. The first kappa shape index (κ1) is 13.3. The van der Waals surface area contributed by atoms with E-state index >= 15 is 0 Å². The first-order valence-corrected chi connectivity index (χ1v) is 6.68. The van der Waals surface area contributed by atoms with Crippen LogP contribution in [0, 0.1) is 0 Å². The van der Waals surface area contributed by atoms with E-state index in [9.17, 15) is 0 Å². The predicted octanol–water partition coefficient (Wildman–Crippen LogP) is 1.53. The van der Waals surface area contributed by atoms with Crippen LogP contribution in [-0.4, -0.2) is 31.5 Å². The highest BCUT2D eigenvalue weighted by Gasteiger charge is 2.04. The number of nitrogen functional groups attached to an aromatic ring is 1. The van der Waals surface area contributed by atoms with Crippen LogP contribution in [0.15, 0.2) is 36.7 Å². The van der Waals surface area contributed by atoms with Crippen molar-refractivity contribution < 1.29 is 5.11 Å². The summed E-state index contributed by atoms with van der Waals surface area (Å²) in [6, 6.07) is 7.53. The molecule has 0 fully saturated rings. The number of hydrogen-bond acceptors (Lipinski definition) is 6. The van der Waals surface area contributed by atoms with Crippen LogP contribution in [0.5, 0.6) is 0 Å². The summed E-state index contributed by atoms with van der Waals surface area (Å²) in [7, 11) is 0. The molecule has 0 aliphatic heterocycles. The van der Waals surface area contributed by atoms with Crippen LogP contribution in [0.25, 0.3) is 10.9 Å². The zero-order chi connectivity index (χ0) is 14.7. The van der Waals surface area contributed by atoms with E-state index in [1.807, 2.05) is 22.9 Å². The second-order valence-electron chi connectivity index (χ2n) is 4.65. The second-order valence-corrected chi connectivity index (χ2v) is 4.65. The fourth-order valence-corrected chi connectivity index (χ4v) is 2.13. The third-order valence-electron chi connectivity index (χ3n) is 3.10. The summed E-state index contributed by atoms with van der Waals surface area (Å²) < 4.78 is 1.88. The minimum absolute atomic E-state index is 0.160. The molecule has 3 rings (SSSR count). The second kappa shape index (κ2) is 5.76. The van der Waals surface area contributed by atoms with E-state index < -0.39 is 0 Å². The van der Waals surface area contributed by atoms with Crippen molar-refractivity contribution in [2.75, 3.05) is 17.7 Å². The Labute approximate surface area is 121 Å². The summed E-state index contributed by atoms with van der Waals surface area (Å²) >= 11 is 0. The highest BCUT2D eigenvalue weighted by atomic mass is 16.3.